The van der Waals surface area contributed by atoms with E-state index in [1.54, 1.807) is 29.3 Å². The predicted octanol–water partition coefficient (Wildman–Crippen LogP) is 5.97. The number of hydrogen-bond donors (Lipinski definition) is 0. The van der Waals surface area contributed by atoms with Crippen LogP contribution in [0.25, 0.3) is 0 Å². The number of anilines is 2. The minimum Gasteiger partial charge on any atom is -0.490 e. The van der Waals surface area contributed by atoms with Gasteiger partial charge in [0.05, 0.1) is 35.7 Å². The maximum absolute atomic E-state index is 13.8. The number of carbonyl (C=O) groups is 2. The van der Waals surface area contributed by atoms with E-state index < -0.39 is 24.0 Å². The fourth-order valence-electron chi connectivity index (χ4n) is 4.85. The van der Waals surface area contributed by atoms with Crippen LogP contribution in [-0.4, -0.2) is 31.1 Å². The van der Waals surface area contributed by atoms with Crippen molar-refractivity contribution in [2.24, 2.45) is 5.92 Å². The Kier molecular flexibility index (Phi) is 7.35. The van der Waals surface area contributed by atoms with Crippen LogP contribution in [0.15, 0.2) is 72.8 Å². The lowest BCUT2D eigenvalue weighted by atomic mass is 9.90. The SMILES string of the molecule is CCCCOc1ccc([C@@H]2[C@@H]3C(=O)N(c4ccccc4Cl)C(=O)[C@H]3ON2c2ccccc2)cc1OCC. The molecule has 2 amide bonds. The molecule has 2 aliphatic rings. The first-order valence-electron chi connectivity index (χ1n) is 12.6. The molecule has 0 aliphatic carbocycles. The molecule has 2 aliphatic heterocycles. The third-order valence-electron chi connectivity index (χ3n) is 6.58. The van der Waals surface area contributed by atoms with Crippen LogP contribution in [0.2, 0.25) is 5.02 Å². The third-order valence-corrected chi connectivity index (χ3v) is 6.90. The molecule has 0 saturated carbocycles. The fraction of sp³-hybridized carbons (Fsp3) is 0.310. The van der Waals surface area contributed by atoms with Crippen molar-refractivity contribution in [1.29, 1.82) is 0 Å². The van der Waals surface area contributed by atoms with Gasteiger partial charge < -0.3 is 9.47 Å². The molecular weight excluding hydrogens is 492 g/mol. The van der Waals surface area contributed by atoms with Crippen molar-refractivity contribution in [2.75, 3.05) is 23.2 Å². The highest BCUT2D eigenvalue weighted by Gasteiger charge is 2.60. The van der Waals surface area contributed by atoms with Crippen LogP contribution in [0.5, 0.6) is 11.5 Å². The molecule has 5 rings (SSSR count). The van der Waals surface area contributed by atoms with Gasteiger partial charge in [0.2, 0.25) is 5.91 Å². The minimum atomic E-state index is -0.981. The molecule has 3 aromatic carbocycles. The molecule has 2 heterocycles. The molecule has 3 aromatic rings. The standard InChI is InChI=1S/C29H29ClN2O5/c1-3-5-17-36-23-16-15-19(18-24(23)35-4-2)26-25-27(37-32(26)20-11-7-6-8-12-20)29(34)31(28(25)33)22-14-10-9-13-21(22)30/h6-16,18,25-27H,3-5,17H2,1-2H3/t25-,26+,27-/m0/s1. The van der Waals surface area contributed by atoms with Crippen LogP contribution in [-0.2, 0) is 14.4 Å². The van der Waals surface area contributed by atoms with Gasteiger partial charge in [0.15, 0.2) is 17.6 Å². The topological polar surface area (TPSA) is 68.3 Å². The summed E-state index contributed by atoms with van der Waals surface area (Å²) in [5.41, 5.74) is 1.88. The molecule has 3 atom stereocenters. The number of para-hydroxylation sites is 2. The van der Waals surface area contributed by atoms with E-state index in [4.69, 9.17) is 25.9 Å². The lowest BCUT2D eigenvalue weighted by Gasteiger charge is -2.29. The molecule has 0 bridgehead atoms. The van der Waals surface area contributed by atoms with Gasteiger partial charge >= 0.3 is 0 Å². The van der Waals surface area contributed by atoms with Crippen LogP contribution in [0, 0.1) is 5.92 Å². The number of halogens is 1. The van der Waals surface area contributed by atoms with E-state index in [1.165, 1.54) is 0 Å². The van der Waals surface area contributed by atoms with E-state index in [0.717, 1.165) is 29.0 Å². The molecule has 7 nitrogen and oxygen atoms in total. The first-order valence-corrected chi connectivity index (χ1v) is 13.0. The number of nitrogens with zero attached hydrogens (tertiary/aromatic N) is 2. The molecule has 2 saturated heterocycles. The third kappa shape index (κ3) is 4.65. The first kappa shape index (κ1) is 25.1. The second-order valence-electron chi connectivity index (χ2n) is 8.96. The molecule has 0 spiro atoms. The average molecular weight is 521 g/mol. The fourth-order valence-corrected chi connectivity index (χ4v) is 5.07. The zero-order valence-corrected chi connectivity index (χ0v) is 21.6. The number of hydroxylamine groups is 1. The van der Waals surface area contributed by atoms with Gasteiger partial charge in [0, 0.05) is 0 Å². The van der Waals surface area contributed by atoms with Gasteiger partial charge in [0.1, 0.15) is 5.92 Å². The average Bonchev–Trinajstić information content (AvgIpc) is 3.42. The molecule has 0 unspecified atom stereocenters. The first-order chi connectivity index (χ1) is 18.0. The molecule has 0 radical (unpaired) electrons. The number of benzene rings is 3. The van der Waals surface area contributed by atoms with Crippen molar-refractivity contribution in [3.05, 3.63) is 83.4 Å². The Balaban J connectivity index is 1.56. The summed E-state index contributed by atoms with van der Waals surface area (Å²) in [4.78, 5) is 34.8. The maximum Gasteiger partial charge on any atom is 0.266 e. The number of hydrogen-bond acceptors (Lipinski definition) is 6. The van der Waals surface area contributed by atoms with Gasteiger partial charge in [-0.2, -0.15) is 0 Å². The molecule has 192 valence electrons. The van der Waals surface area contributed by atoms with Crippen LogP contribution < -0.4 is 19.4 Å². The molecule has 37 heavy (non-hydrogen) atoms. The highest BCUT2D eigenvalue weighted by Crippen LogP contribution is 2.49. The van der Waals surface area contributed by atoms with E-state index in [-0.39, 0.29) is 5.91 Å². The quantitative estimate of drug-likeness (QED) is 0.256. The highest BCUT2D eigenvalue weighted by atomic mass is 35.5. The molecule has 8 heteroatoms. The number of fused-ring (bicyclic) bond motifs is 1. The smallest absolute Gasteiger partial charge is 0.266 e. The Morgan fingerprint density at radius 2 is 1.65 bits per heavy atom. The maximum atomic E-state index is 13.8. The Morgan fingerprint density at radius 1 is 0.892 bits per heavy atom. The zero-order chi connectivity index (χ0) is 25.9. The summed E-state index contributed by atoms with van der Waals surface area (Å²) in [6, 6.07) is 21.4. The van der Waals surface area contributed by atoms with Crippen LogP contribution in [0.1, 0.15) is 38.3 Å². The number of ether oxygens (including phenoxy) is 2. The van der Waals surface area contributed by atoms with Crippen molar-refractivity contribution in [2.45, 2.75) is 38.8 Å². The summed E-state index contributed by atoms with van der Waals surface area (Å²) in [7, 11) is 0. The normalized spacial score (nSPS) is 20.9. The highest BCUT2D eigenvalue weighted by molar-refractivity contribution is 6.36. The summed E-state index contributed by atoms with van der Waals surface area (Å²) < 4.78 is 11.9. The van der Waals surface area contributed by atoms with Gasteiger partial charge in [-0.3, -0.25) is 14.4 Å². The summed E-state index contributed by atoms with van der Waals surface area (Å²) in [5, 5.41) is 1.99. The van der Waals surface area contributed by atoms with E-state index in [0.29, 0.717) is 35.4 Å². The summed E-state index contributed by atoms with van der Waals surface area (Å²) in [6.45, 7) is 5.06. The lowest BCUT2D eigenvalue weighted by molar-refractivity contribution is -0.126. The van der Waals surface area contributed by atoms with Crippen molar-refractivity contribution in [1.82, 2.24) is 0 Å². The zero-order valence-electron chi connectivity index (χ0n) is 20.8. The largest absolute Gasteiger partial charge is 0.490 e. The Hall–Kier alpha value is -3.55. The van der Waals surface area contributed by atoms with Crippen molar-refractivity contribution in [3.8, 4) is 11.5 Å². The molecule has 2 fully saturated rings. The number of amides is 2. The van der Waals surface area contributed by atoms with Crippen molar-refractivity contribution >= 4 is 34.8 Å². The monoisotopic (exact) mass is 520 g/mol. The van der Waals surface area contributed by atoms with E-state index in [9.17, 15) is 9.59 Å². The predicted molar refractivity (Wildman–Crippen MR) is 142 cm³/mol. The van der Waals surface area contributed by atoms with E-state index >= 15 is 0 Å². The van der Waals surface area contributed by atoms with Gasteiger partial charge in [-0.05, 0) is 55.3 Å². The number of unbranched alkanes of at least 4 members (excludes halogenated alkanes) is 1. The second kappa shape index (κ2) is 10.8. The summed E-state index contributed by atoms with van der Waals surface area (Å²) in [6.07, 6.45) is 0.975. The lowest BCUT2D eigenvalue weighted by Crippen LogP contribution is -2.37. The molecule has 0 aromatic heterocycles. The minimum absolute atomic E-state index is 0.327. The number of rotatable bonds is 9. The summed E-state index contributed by atoms with van der Waals surface area (Å²) in [5.74, 6) is -0.325. The Labute approximate surface area is 221 Å². The summed E-state index contributed by atoms with van der Waals surface area (Å²) >= 11 is 6.37. The second-order valence-corrected chi connectivity index (χ2v) is 9.37. The number of imide groups is 1. The van der Waals surface area contributed by atoms with Crippen LogP contribution >= 0.6 is 11.6 Å². The van der Waals surface area contributed by atoms with Crippen molar-refractivity contribution < 1.29 is 23.9 Å². The molecular formula is C29H29ClN2O5. The van der Waals surface area contributed by atoms with Gasteiger partial charge in [-0.15, -0.1) is 0 Å². The van der Waals surface area contributed by atoms with Crippen LogP contribution in [0.3, 0.4) is 0 Å². The van der Waals surface area contributed by atoms with Crippen molar-refractivity contribution in [3.63, 3.8) is 0 Å². The van der Waals surface area contributed by atoms with E-state index in [2.05, 4.69) is 6.92 Å². The molecule has 0 N–H and O–H groups in total. The van der Waals surface area contributed by atoms with Gasteiger partial charge in [0.25, 0.3) is 5.91 Å². The Bertz CT molecular complexity index is 1280. The van der Waals surface area contributed by atoms with Gasteiger partial charge in [-0.25, -0.2) is 9.96 Å². The van der Waals surface area contributed by atoms with Crippen LogP contribution in [0.4, 0.5) is 11.4 Å². The van der Waals surface area contributed by atoms with Gasteiger partial charge in [-0.1, -0.05) is 61.3 Å². The number of carbonyl (C=O) groups excluding carboxylic acids is 2. The Morgan fingerprint density at radius 3 is 2.38 bits per heavy atom. The van der Waals surface area contributed by atoms with E-state index in [1.807, 2.05) is 55.5 Å².